The lowest BCUT2D eigenvalue weighted by atomic mass is 10.1. The Bertz CT molecular complexity index is 974. The Morgan fingerprint density at radius 3 is 2.48 bits per heavy atom. The summed E-state index contributed by atoms with van der Waals surface area (Å²) in [5, 5.41) is 10.6. The molecule has 0 aliphatic heterocycles. The zero-order chi connectivity index (χ0) is 23.2. The fourth-order valence-corrected chi connectivity index (χ4v) is 2.53. The summed E-state index contributed by atoms with van der Waals surface area (Å²) in [6.45, 7) is 6.62. The fourth-order valence-electron chi connectivity index (χ4n) is 2.53. The van der Waals surface area contributed by atoms with Crippen molar-refractivity contribution in [2.24, 2.45) is 0 Å². The molecule has 2 rings (SSSR count). The second-order valence-electron chi connectivity index (χ2n) is 7.68. The number of nitrogens with one attached hydrogen (secondary N) is 4. The quantitative estimate of drug-likeness (QED) is 0.557. The zero-order valence-corrected chi connectivity index (χ0v) is 18.0. The number of ether oxygens (including phenoxy) is 1. The number of halogens is 1. The van der Waals surface area contributed by atoms with E-state index in [1.54, 1.807) is 39.0 Å². The van der Waals surface area contributed by atoms with Crippen LogP contribution >= 0.6 is 0 Å². The van der Waals surface area contributed by atoms with Crippen LogP contribution in [0.15, 0.2) is 36.7 Å². The molecule has 1 heterocycles. The van der Waals surface area contributed by atoms with Gasteiger partial charge in [-0.25, -0.2) is 9.18 Å². The number of pyridine rings is 1. The molecule has 1 aromatic heterocycles. The highest BCUT2D eigenvalue weighted by Gasteiger charge is 2.23. The monoisotopic (exact) mass is 431 g/mol. The summed E-state index contributed by atoms with van der Waals surface area (Å²) in [5.41, 5.74) is 0.294. The number of aromatic nitrogens is 1. The molecule has 4 N–H and O–H groups in total. The van der Waals surface area contributed by atoms with Gasteiger partial charge in [-0.2, -0.15) is 0 Å². The van der Waals surface area contributed by atoms with Crippen molar-refractivity contribution in [1.29, 1.82) is 0 Å². The SMILES string of the molecule is CNC(=O)c1cccc(NC(=O)[C@H](C)NC(=O)OC(C)(C)C)c1Nc1cncc(F)c1. The first-order chi connectivity index (χ1) is 14.5. The van der Waals surface area contributed by atoms with Gasteiger partial charge in [-0.3, -0.25) is 14.6 Å². The first kappa shape index (κ1) is 23.6. The smallest absolute Gasteiger partial charge is 0.408 e. The van der Waals surface area contributed by atoms with E-state index in [4.69, 9.17) is 4.74 Å². The third-order valence-electron chi connectivity index (χ3n) is 3.89. The zero-order valence-electron chi connectivity index (χ0n) is 18.0. The van der Waals surface area contributed by atoms with Crippen LogP contribution in [0.25, 0.3) is 0 Å². The molecule has 0 radical (unpaired) electrons. The van der Waals surface area contributed by atoms with Crippen molar-refractivity contribution in [2.75, 3.05) is 17.7 Å². The molecule has 3 amide bonds. The molecular formula is C21H26FN5O4. The van der Waals surface area contributed by atoms with Crippen molar-refractivity contribution in [3.05, 3.63) is 48.0 Å². The van der Waals surface area contributed by atoms with Crippen LogP contribution in [0.1, 0.15) is 38.1 Å². The van der Waals surface area contributed by atoms with Crippen molar-refractivity contribution in [1.82, 2.24) is 15.6 Å². The summed E-state index contributed by atoms with van der Waals surface area (Å²) in [4.78, 5) is 40.7. The highest BCUT2D eigenvalue weighted by molar-refractivity contribution is 6.06. The van der Waals surface area contributed by atoms with Crippen LogP contribution in [-0.2, 0) is 9.53 Å². The Morgan fingerprint density at radius 2 is 1.87 bits per heavy atom. The molecule has 9 nitrogen and oxygen atoms in total. The molecule has 0 saturated heterocycles. The third-order valence-corrected chi connectivity index (χ3v) is 3.89. The maximum Gasteiger partial charge on any atom is 0.408 e. The highest BCUT2D eigenvalue weighted by atomic mass is 19.1. The van der Waals surface area contributed by atoms with Crippen molar-refractivity contribution in [3.63, 3.8) is 0 Å². The minimum Gasteiger partial charge on any atom is -0.444 e. The summed E-state index contributed by atoms with van der Waals surface area (Å²) in [5.74, 6) is -1.52. The molecule has 0 unspecified atom stereocenters. The van der Waals surface area contributed by atoms with Gasteiger partial charge in [0.2, 0.25) is 5.91 Å². The average molecular weight is 431 g/mol. The normalized spacial score (nSPS) is 11.8. The number of para-hydroxylation sites is 1. The van der Waals surface area contributed by atoms with Gasteiger partial charge < -0.3 is 26.0 Å². The summed E-state index contributed by atoms with van der Waals surface area (Å²) in [6, 6.07) is 4.97. The van der Waals surface area contributed by atoms with Crippen LogP contribution in [0.2, 0.25) is 0 Å². The lowest BCUT2D eigenvalue weighted by Crippen LogP contribution is -2.44. The van der Waals surface area contributed by atoms with Crippen LogP contribution in [0.4, 0.5) is 26.2 Å². The molecule has 0 bridgehead atoms. The first-order valence-electron chi connectivity index (χ1n) is 9.53. The van der Waals surface area contributed by atoms with Gasteiger partial charge in [0.05, 0.1) is 35.0 Å². The van der Waals surface area contributed by atoms with E-state index < -0.39 is 35.4 Å². The Balaban J connectivity index is 2.27. The van der Waals surface area contributed by atoms with Gasteiger partial charge in [0.15, 0.2) is 0 Å². The maximum absolute atomic E-state index is 13.5. The lowest BCUT2D eigenvalue weighted by Gasteiger charge is -2.22. The van der Waals surface area contributed by atoms with Gasteiger partial charge in [0, 0.05) is 13.1 Å². The van der Waals surface area contributed by atoms with Gasteiger partial charge >= 0.3 is 6.09 Å². The molecular weight excluding hydrogens is 405 g/mol. The number of rotatable bonds is 6. The Labute approximate surface area is 179 Å². The summed E-state index contributed by atoms with van der Waals surface area (Å²) >= 11 is 0. The van der Waals surface area contributed by atoms with E-state index in [-0.39, 0.29) is 22.6 Å². The van der Waals surface area contributed by atoms with E-state index in [0.29, 0.717) is 0 Å². The van der Waals surface area contributed by atoms with Gasteiger partial charge in [0.25, 0.3) is 5.91 Å². The van der Waals surface area contributed by atoms with Gasteiger partial charge in [-0.15, -0.1) is 0 Å². The molecule has 0 saturated carbocycles. The Kier molecular flexibility index (Phi) is 7.51. The number of amides is 3. The minimum absolute atomic E-state index is 0.220. The molecule has 2 aromatic rings. The summed E-state index contributed by atoms with van der Waals surface area (Å²) in [6.07, 6.45) is 1.68. The molecule has 1 aromatic carbocycles. The number of hydrogen-bond donors (Lipinski definition) is 4. The molecule has 0 fully saturated rings. The maximum atomic E-state index is 13.5. The number of alkyl carbamates (subject to hydrolysis) is 1. The van der Waals surface area contributed by atoms with E-state index in [0.717, 1.165) is 6.20 Å². The predicted octanol–water partition coefficient (Wildman–Crippen LogP) is 3.18. The molecule has 0 aliphatic carbocycles. The standard InChI is InChI=1S/C21H26FN5O4/c1-12(25-20(30)31-21(2,3)4)18(28)27-16-8-6-7-15(19(29)23-5)17(16)26-14-9-13(22)10-24-11-14/h6-12,26H,1-5H3,(H,23,29)(H,25,30)(H,27,28)/t12-/m0/s1. The number of carbonyl (C=O) groups is 3. The second-order valence-corrected chi connectivity index (χ2v) is 7.68. The van der Waals surface area contributed by atoms with Gasteiger partial charge in [-0.05, 0) is 39.8 Å². The topological polar surface area (TPSA) is 121 Å². The highest BCUT2D eigenvalue weighted by Crippen LogP contribution is 2.30. The third kappa shape index (κ3) is 6.95. The second kappa shape index (κ2) is 9.88. The first-order valence-corrected chi connectivity index (χ1v) is 9.53. The van der Waals surface area contributed by atoms with Crippen LogP contribution in [0, 0.1) is 5.82 Å². The lowest BCUT2D eigenvalue weighted by molar-refractivity contribution is -0.117. The van der Waals surface area contributed by atoms with Crippen molar-refractivity contribution in [2.45, 2.75) is 39.3 Å². The summed E-state index contributed by atoms with van der Waals surface area (Å²) < 4.78 is 18.7. The predicted molar refractivity (Wildman–Crippen MR) is 115 cm³/mol. The van der Waals surface area contributed by atoms with Crippen LogP contribution in [0.3, 0.4) is 0 Å². The number of nitrogens with zero attached hydrogens (tertiary/aromatic N) is 1. The Hall–Kier alpha value is -3.69. The molecule has 1 atom stereocenters. The van der Waals surface area contributed by atoms with Crippen molar-refractivity contribution < 1.29 is 23.5 Å². The van der Waals surface area contributed by atoms with Crippen molar-refractivity contribution in [3.8, 4) is 0 Å². The van der Waals surface area contributed by atoms with Gasteiger partial charge in [0.1, 0.15) is 17.5 Å². The van der Waals surface area contributed by atoms with Crippen LogP contribution in [-0.4, -0.2) is 41.6 Å². The fraction of sp³-hybridized carbons (Fsp3) is 0.333. The largest absolute Gasteiger partial charge is 0.444 e. The van der Waals surface area contributed by atoms with Gasteiger partial charge in [-0.1, -0.05) is 6.07 Å². The number of anilines is 3. The summed E-state index contributed by atoms with van der Waals surface area (Å²) in [7, 11) is 1.47. The number of hydrogen-bond acceptors (Lipinski definition) is 6. The molecule has 0 spiro atoms. The van der Waals surface area contributed by atoms with E-state index in [1.165, 1.54) is 26.2 Å². The van der Waals surface area contributed by atoms with Crippen molar-refractivity contribution >= 4 is 35.0 Å². The van der Waals surface area contributed by atoms with E-state index in [2.05, 4.69) is 26.3 Å². The van der Waals surface area contributed by atoms with Crippen LogP contribution < -0.4 is 21.3 Å². The van der Waals surface area contributed by atoms with E-state index >= 15 is 0 Å². The molecule has 31 heavy (non-hydrogen) atoms. The molecule has 10 heteroatoms. The minimum atomic E-state index is -0.929. The van der Waals surface area contributed by atoms with E-state index in [1.807, 2.05) is 0 Å². The average Bonchev–Trinajstić information content (AvgIpc) is 2.67. The Morgan fingerprint density at radius 1 is 1.16 bits per heavy atom. The van der Waals surface area contributed by atoms with E-state index in [9.17, 15) is 18.8 Å². The number of benzene rings is 1. The molecule has 166 valence electrons. The number of carbonyl (C=O) groups excluding carboxylic acids is 3. The molecule has 0 aliphatic rings. The van der Waals surface area contributed by atoms with Crippen LogP contribution in [0.5, 0.6) is 0 Å².